The van der Waals surface area contributed by atoms with Gasteiger partial charge in [0.25, 0.3) is 0 Å². The third-order valence-electron chi connectivity index (χ3n) is 4.31. The van der Waals surface area contributed by atoms with Crippen molar-refractivity contribution in [3.05, 3.63) is 67.3 Å². The maximum absolute atomic E-state index is 4.48. The van der Waals surface area contributed by atoms with Crippen molar-refractivity contribution in [1.82, 2.24) is 25.0 Å². The standard InChI is InChI=1S/C20H20N6/c1-2-8-16(9-3-1)19-17-10-4-5-11-18(17)20(25-24-19)22-12-6-7-13-26-15-21-14-23-26/h1-5,8-11,14-15H,6-7,12-13H2,(H,22,25). The quantitative estimate of drug-likeness (QED) is 0.517. The lowest BCUT2D eigenvalue weighted by Gasteiger charge is -2.11. The summed E-state index contributed by atoms with van der Waals surface area (Å²) in [7, 11) is 0. The van der Waals surface area contributed by atoms with E-state index in [4.69, 9.17) is 0 Å². The van der Waals surface area contributed by atoms with E-state index in [-0.39, 0.29) is 0 Å². The second kappa shape index (κ2) is 7.74. The van der Waals surface area contributed by atoms with Crippen molar-refractivity contribution in [2.75, 3.05) is 11.9 Å². The van der Waals surface area contributed by atoms with Crippen molar-refractivity contribution < 1.29 is 0 Å². The smallest absolute Gasteiger partial charge is 0.156 e. The monoisotopic (exact) mass is 344 g/mol. The molecule has 0 amide bonds. The second-order valence-electron chi connectivity index (χ2n) is 6.10. The van der Waals surface area contributed by atoms with Gasteiger partial charge in [0, 0.05) is 29.4 Å². The number of hydrogen-bond acceptors (Lipinski definition) is 5. The van der Waals surface area contributed by atoms with Crippen LogP contribution in [0.1, 0.15) is 12.8 Å². The summed E-state index contributed by atoms with van der Waals surface area (Å²) in [4.78, 5) is 3.95. The molecule has 0 radical (unpaired) electrons. The van der Waals surface area contributed by atoms with Gasteiger partial charge in [0.15, 0.2) is 5.82 Å². The van der Waals surface area contributed by atoms with Crippen LogP contribution in [0.5, 0.6) is 0 Å². The van der Waals surface area contributed by atoms with Crippen molar-refractivity contribution in [3.63, 3.8) is 0 Å². The number of anilines is 1. The molecular formula is C20H20N6. The summed E-state index contributed by atoms with van der Waals surface area (Å²) < 4.78 is 1.85. The number of aromatic nitrogens is 5. The molecule has 0 fully saturated rings. The van der Waals surface area contributed by atoms with Gasteiger partial charge in [0.2, 0.25) is 0 Å². The number of fused-ring (bicyclic) bond motifs is 1. The molecule has 0 saturated heterocycles. The lowest BCUT2D eigenvalue weighted by atomic mass is 10.0. The van der Waals surface area contributed by atoms with Gasteiger partial charge in [-0.1, -0.05) is 54.6 Å². The molecular weight excluding hydrogens is 324 g/mol. The third kappa shape index (κ3) is 3.54. The molecule has 26 heavy (non-hydrogen) atoms. The first-order chi connectivity index (χ1) is 12.9. The predicted molar refractivity (Wildman–Crippen MR) is 103 cm³/mol. The molecule has 4 aromatic rings. The normalized spacial score (nSPS) is 10.9. The van der Waals surface area contributed by atoms with Gasteiger partial charge in [-0.3, -0.25) is 4.68 Å². The summed E-state index contributed by atoms with van der Waals surface area (Å²) in [5.74, 6) is 0.834. The van der Waals surface area contributed by atoms with Crippen LogP contribution in [0.2, 0.25) is 0 Å². The lowest BCUT2D eigenvalue weighted by Crippen LogP contribution is -2.07. The molecule has 2 aromatic carbocycles. The van der Waals surface area contributed by atoms with Crippen LogP contribution in [0.25, 0.3) is 22.0 Å². The summed E-state index contributed by atoms with van der Waals surface area (Å²) in [6.45, 7) is 1.72. The molecule has 1 N–H and O–H groups in total. The third-order valence-corrected chi connectivity index (χ3v) is 4.31. The van der Waals surface area contributed by atoms with Gasteiger partial charge in [-0.25, -0.2) is 4.98 Å². The SMILES string of the molecule is c1ccc(-c2nnc(NCCCCn3cncn3)c3ccccc23)cc1. The summed E-state index contributed by atoms with van der Waals surface area (Å²) in [5, 5.41) is 18.7. The van der Waals surface area contributed by atoms with Crippen LogP contribution in [0.15, 0.2) is 67.3 Å². The molecule has 0 aliphatic carbocycles. The first-order valence-corrected chi connectivity index (χ1v) is 8.79. The zero-order chi connectivity index (χ0) is 17.6. The maximum atomic E-state index is 4.48. The van der Waals surface area contributed by atoms with E-state index in [9.17, 15) is 0 Å². The minimum atomic E-state index is 0.834. The molecule has 0 bridgehead atoms. The molecule has 4 rings (SSSR count). The summed E-state index contributed by atoms with van der Waals surface area (Å²) in [5.41, 5.74) is 1.99. The average Bonchev–Trinajstić information content (AvgIpc) is 3.22. The van der Waals surface area contributed by atoms with Crippen molar-refractivity contribution in [3.8, 4) is 11.3 Å². The van der Waals surface area contributed by atoms with Crippen LogP contribution in [0.3, 0.4) is 0 Å². The Bertz CT molecular complexity index is 966. The molecule has 130 valence electrons. The van der Waals surface area contributed by atoms with Crippen LogP contribution in [0, 0.1) is 0 Å². The van der Waals surface area contributed by atoms with Crippen LogP contribution < -0.4 is 5.32 Å². The van der Waals surface area contributed by atoms with Crippen LogP contribution in [-0.2, 0) is 6.54 Å². The number of unbranched alkanes of at least 4 members (excludes halogenated alkanes) is 1. The predicted octanol–water partition coefficient (Wildman–Crippen LogP) is 3.78. The molecule has 0 aliphatic rings. The number of nitrogens with zero attached hydrogens (tertiary/aromatic N) is 5. The van der Waals surface area contributed by atoms with Crippen LogP contribution >= 0.6 is 0 Å². The van der Waals surface area contributed by atoms with E-state index in [1.54, 1.807) is 12.7 Å². The summed E-state index contributed by atoms with van der Waals surface area (Å²) in [6.07, 6.45) is 5.36. The fourth-order valence-corrected chi connectivity index (χ4v) is 3.00. The molecule has 0 saturated carbocycles. The van der Waals surface area contributed by atoms with E-state index in [2.05, 4.69) is 49.9 Å². The van der Waals surface area contributed by atoms with E-state index >= 15 is 0 Å². The van der Waals surface area contributed by atoms with Crippen molar-refractivity contribution in [2.45, 2.75) is 19.4 Å². The lowest BCUT2D eigenvalue weighted by molar-refractivity contribution is 0.564. The highest BCUT2D eigenvalue weighted by Gasteiger charge is 2.10. The zero-order valence-electron chi connectivity index (χ0n) is 14.4. The molecule has 0 spiro atoms. The van der Waals surface area contributed by atoms with Gasteiger partial charge in [-0.05, 0) is 12.8 Å². The fourth-order valence-electron chi connectivity index (χ4n) is 3.00. The Hall–Kier alpha value is -3.28. The van der Waals surface area contributed by atoms with E-state index in [1.807, 2.05) is 35.0 Å². The first kappa shape index (κ1) is 16.2. The number of benzene rings is 2. The second-order valence-corrected chi connectivity index (χ2v) is 6.10. The Labute approximate surface area is 151 Å². The minimum absolute atomic E-state index is 0.834. The molecule has 2 heterocycles. The van der Waals surface area contributed by atoms with Gasteiger partial charge in [0.1, 0.15) is 18.3 Å². The van der Waals surface area contributed by atoms with Crippen molar-refractivity contribution in [1.29, 1.82) is 0 Å². The topological polar surface area (TPSA) is 68.5 Å². The first-order valence-electron chi connectivity index (χ1n) is 8.79. The van der Waals surface area contributed by atoms with E-state index in [0.29, 0.717) is 0 Å². The highest BCUT2D eigenvalue weighted by molar-refractivity contribution is 5.99. The van der Waals surface area contributed by atoms with Gasteiger partial charge < -0.3 is 5.32 Å². The number of nitrogens with one attached hydrogen (secondary N) is 1. The molecule has 0 atom stereocenters. The van der Waals surface area contributed by atoms with Gasteiger partial charge in [-0.15, -0.1) is 10.2 Å². The Kier molecular flexibility index (Phi) is 4.82. The Morgan fingerprint density at radius 2 is 1.65 bits per heavy atom. The zero-order valence-corrected chi connectivity index (χ0v) is 14.4. The molecule has 0 aliphatic heterocycles. The van der Waals surface area contributed by atoms with Crippen LogP contribution in [-0.4, -0.2) is 31.5 Å². The Morgan fingerprint density at radius 3 is 2.46 bits per heavy atom. The summed E-state index contributed by atoms with van der Waals surface area (Å²) in [6, 6.07) is 18.4. The Morgan fingerprint density at radius 1 is 0.846 bits per heavy atom. The minimum Gasteiger partial charge on any atom is -0.368 e. The van der Waals surface area contributed by atoms with Crippen molar-refractivity contribution in [2.24, 2.45) is 0 Å². The maximum Gasteiger partial charge on any atom is 0.156 e. The summed E-state index contributed by atoms with van der Waals surface area (Å²) >= 11 is 0. The van der Waals surface area contributed by atoms with E-state index in [0.717, 1.165) is 53.8 Å². The van der Waals surface area contributed by atoms with Crippen molar-refractivity contribution >= 4 is 16.6 Å². The van der Waals surface area contributed by atoms with Gasteiger partial charge in [-0.2, -0.15) is 5.10 Å². The number of rotatable bonds is 7. The molecule has 2 aromatic heterocycles. The Balaban J connectivity index is 1.48. The van der Waals surface area contributed by atoms with E-state index < -0.39 is 0 Å². The highest BCUT2D eigenvalue weighted by atomic mass is 15.3. The number of hydrogen-bond donors (Lipinski definition) is 1. The van der Waals surface area contributed by atoms with Gasteiger partial charge in [0.05, 0.1) is 0 Å². The average molecular weight is 344 g/mol. The molecule has 6 heteroatoms. The number of aryl methyl sites for hydroxylation is 1. The molecule has 6 nitrogen and oxygen atoms in total. The van der Waals surface area contributed by atoms with Crippen LogP contribution in [0.4, 0.5) is 5.82 Å². The highest BCUT2D eigenvalue weighted by Crippen LogP contribution is 2.29. The fraction of sp³-hybridized carbons (Fsp3) is 0.200. The largest absolute Gasteiger partial charge is 0.368 e. The molecule has 0 unspecified atom stereocenters. The van der Waals surface area contributed by atoms with E-state index in [1.165, 1.54) is 0 Å². The van der Waals surface area contributed by atoms with Gasteiger partial charge >= 0.3 is 0 Å².